The summed E-state index contributed by atoms with van der Waals surface area (Å²) in [6.45, 7) is 5.08. The highest BCUT2D eigenvalue weighted by Crippen LogP contribution is 2.21. The first-order valence-corrected chi connectivity index (χ1v) is 4.53. The summed E-state index contributed by atoms with van der Waals surface area (Å²) in [7, 11) is 0. The third-order valence-electron chi connectivity index (χ3n) is 2.57. The molecule has 1 fully saturated rings. The van der Waals surface area contributed by atoms with Crippen LogP contribution in [0.1, 0.15) is 33.1 Å². The quantitative estimate of drug-likeness (QED) is 0.661. The van der Waals surface area contributed by atoms with Gasteiger partial charge in [0, 0.05) is 6.61 Å². The number of hydrogen-bond acceptors (Lipinski definition) is 2. The molecule has 3 atom stereocenters. The van der Waals surface area contributed by atoms with Crippen molar-refractivity contribution < 1.29 is 9.84 Å². The van der Waals surface area contributed by atoms with Gasteiger partial charge in [-0.2, -0.15) is 0 Å². The first-order valence-electron chi connectivity index (χ1n) is 4.53. The molecule has 0 bridgehead atoms. The zero-order valence-electron chi connectivity index (χ0n) is 7.42. The van der Waals surface area contributed by atoms with Crippen LogP contribution < -0.4 is 0 Å². The number of ether oxygens (including phenoxy) is 1. The first-order chi connectivity index (χ1) is 5.24. The lowest BCUT2D eigenvalue weighted by molar-refractivity contribution is -0.0664. The molecular weight excluding hydrogens is 140 g/mol. The molecule has 1 rings (SSSR count). The monoisotopic (exact) mass is 158 g/mol. The lowest BCUT2D eigenvalue weighted by Gasteiger charge is -2.30. The maximum atomic E-state index is 9.34. The molecule has 0 radical (unpaired) electrons. The molecule has 0 aromatic carbocycles. The average Bonchev–Trinajstić information content (AvgIpc) is 2.03. The van der Waals surface area contributed by atoms with E-state index in [-0.39, 0.29) is 6.10 Å². The van der Waals surface area contributed by atoms with Crippen molar-refractivity contribution in [1.29, 1.82) is 0 Å². The van der Waals surface area contributed by atoms with E-state index in [2.05, 4.69) is 13.8 Å². The van der Waals surface area contributed by atoms with Crippen molar-refractivity contribution in [2.75, 3.05) is 6.61 Å². The summed E-state index contributed by atoms with van der Waals surface area (Å²) >= 11 is 0. The lowest BCUT2D eigenvalue weighted by Crippen LogP contribution is -2.33. The zero-order chi connectivity index (χ0) is 8.27. The van der Waals surface area contributed by atoms with Crippen LogP contribution in [0.4, 0.5) is 0 Å². The van der Waals surface area contributed by atoms with Crippen molar-refractivity contribution in [3.05, 3.63) is 0 Å². The highest BCUT2D eigenvalue weighted by molar-refractivity contribution is 4.74. The van der Waals surface area contributed by atoms with Crippen molar-refractivity contribution in [3.63, 3.8) is 0 Å². The third kappa shape index (κ3) is 2.46. The van der Waals surface area contributed by atoms with Crippen molar-refractivity contribution >= 4 is 0 Å². The van der Waals surface area contributed by atoms with Crippen molar-refractivity contribution in [3.8, 4) is 0 Å². The van der Waals surface area contributed by atoms with E-state index >= 15 is 0 Å². The Morgan fingerprint density at radius 2 is 2.36 bits per heavy atom. The summed E-state index contributed by atoms with van der Waals surface area (Å²) < 4.78 is 5.54. The summed E-state index contributed by atoms with van der Waals surface area (Å²) in [4.78, 5) is 0. The molecule has 0 amide bonds. The van der Waals surface area contributed by atoms with Crippen molar-refractivity contribution in [2.24, 2.45) is 5.92 Å². The molecular formula is C9H18O2. The Morgan fingerprint density at radius 1 is 1.64 bits per heavy atom. The smallest absolute Gasteiger partial charge is 0.0625 e. The number of aliphatic hydroxyl groups is 1. The van der Waals surface area contributed by atoms with Gasteiger partial charge in [-0.25, -0.2) is 0 Å². The Bertz CT molecular complexity index is 114. The van der Waals surface area contributed by atoms with Gasteiger partial charge in [-0.3, -0.25) is 0 Å². The van der Waals surface area contributed by atoms with E-state index in [1.165, 1.54) is 0 Å². The van der Waals surface area contributed by atoms with Crippen LogP contribution in [-0.4, -0.2) is 23.9 Å². The molecule has 0 aromatic rings. The molecule has 2 nitrogen and oxygen atoms in total. The molecule has 11 heavy (non-hydrogen) atoms. The predicted molar refractivity (Wildman–Crippen MR) is 44.4 cm³/mol. The minimum Gasteiger partial charge on any atom is -0.393 e. The summed E-state index contributed by atoms with van der Waals surface area (Å²) in [6, 6.07) is 0. The summed E-state index contributed by atoms with van der Waals surface area (Å²) in [6.07, 6.45) is 2.95. The van der Waals surface area contributed by atoms with Gasteiger partial charge in [0.2, 0.25) is 0 Å². The molecule has 1 heterocycles. The fourth-order valence-corrected chi connectivity index (χ4v) is 1.47. The Morgan fingerprint density at radius 3 is 2.91 bits per heavy atom. The van der Waals surface area contributed by atoms with Crippen LogP contribution in [0.2, 0.25) is 0 Å². The normalized spacial score (nSPS) is 35.2. The van der Waals surface area contributed by atoms with Gasteiger partial charge in [0.15, 0.2) is 0 Å². The second-order valence-electron chi connectivity index (χ2n) is 3.47. The SMILES string of the molecule is CCC(C)C1CC(O)CCO1. The van der Waals surface area contributed by atoms with Gasteiger partial charge < -0.3 is 9.84 Å². The van der Waals surface area contributed by atoms with Crippen LogP contribution in [0.5, 0.6) is 0 Å². The average molecular weight is 158 g/mol. The summed E-state index contributed by atoms with van der Waals surface area (Å²) in [5, 5.41) is 9.34. The maximum absolute atomic E-state index is 9.34. The molecule has 66 valence electrons. The van der Waals surface area contributed by atoms with Gasteiger partial charge in [0.1, 0.15) is 0 Å². The minimum absolute atomic E-state index is 0.122. The Balaban J connectivity index is 2.33. The van der Waals surface area contributed by atoms with Crippen LogP contribution in [0.3, 0.4) is 0 Å². The molecule has 0 spiro atoms. The van der Waals surface area contributed by atoms with E-state index < -0.39 is 0 Å². The predicted octanol–water partition coefficient (Wildman–Crippen LogP) is 1.57. The van der Waals surface area contributed by atoms with Crippen LogP contribution in [0, 0.1) is 5.92 Å². The molecule has 2 heteroatoms. The van der Waals surface area contributed by atoms with Gasteiger partial charge in [-0.1, -0.05) is 20.3 Å². The van der Waals surface area contributed by atoms with Crippen molar-refractivity contribution in [2.45, 2.75) is 45.3 Å². The van der Waals surface area contributed by atoms with E-state index in [0.717, 1.165) is 25.9 Å². The van der Waals surface area contributed by atoms with Crippen LogP contribution in [0.15, 0.2) is 0 Å². The molecule has 1 N–H and O–H groups in total. The van der Waals surface area contributed by atoms with E-state index in [9.17, 15) is 5.11 Å². The fraction of sp³-hybridized carbons (Fsp3) is 1.00. The molecule has 3 unspecified atom stereocenters. The second-order valence-corrected chi connectivity index (χ2v) is 3.47. The number of aliphatic hydroxyl groups excluding tert-OH is 1. The number of rotatable bonds is 2. The van der Waals surface area contributed by atoms with Crippen molar-refractivity contribution in [1.82, 2.24) is 0 Å². The van der Waals surface area contributed by atoms with E-state index in [4.69, 9.17) is 4.74 Å². The van der Waals surface area contributed by atoms with Gasteiger partial charge in [0.25, 0.3) is 0 Å². The summed E-state index contributed by atoms with van der Waals surface area (Å²) in [5.41, 5.74) is 0. The van der Waals surface area contributed by atoms with E-state index in [0.29, 0.717) is 12.0 Å². The van der Waals surface area contributed by atoms with Gasteiger partial charge in [-0.15, -0.1) is 0 Å². The Labute approximate surface area is 68.6 Å². The topological polar surface area (TPSA) is 29.5 Å². The third-order valence-corrected chi connectivity index (χ3v) is 2.57. The van der Waals surface area contributed by atoms with Crippen LogP contribution >= 0.6 is 0 Å². The zero-order valence-corrected chi connectivity index (χ0v) is 7.42. The highest BCUT2D eigenvalue weighted by atomic mass is 16.5. The molecule has 0 saturated carbocycles. The standard InChI is InChI=1S/C9H18O2/c1-3-7(2)9-6-8(10)4-5-11-9/h7-10H,3-6H2,1-2H3. The Kier molecular flexibility index (Phi) is 3.34. The first kappa shape index (κ1) is 9.01. The summed E-state index contributed by atoms with van der Waals surface area (Å²) in [5.74, 6) is 0.588. The molecule has 1 aliphatic heterocycles. The van der Waals surface area contributed by atoms with Crippen LogP contribution in [-0.2, 0) is 4.74 Å². The van der Waals surface area contributed by atoms with Gasteiger partial charge in [-0.05, 0) is 18.8 Å². The number of hydrogen-bond donors (Lipinski definition) is 1. The second kappa shape index (κ2) is 4.07. The van der Waals surface area contributed by atoms with Gasteiger partial charge >= 0.3 is 0 Å². The Hall–Kier alpha value is -0.0800. The molecule has 0 aromatic heterocycles. The molecule has 0 aliphatic carbocycles. The van der Waals surface area contributed by atoms with E-state index in [1.807, 2.05) is 0 Å². The fourth-order valence-electron chi connectivity index (χ4n) is 1.47. The lowest BCUT2D eigenvalue weighted by atomic mass is 9.94. The maximum Gasteiger partial charge on any atom is 0.0625 e. The highest BCUT2D eigenvalue weighted by Gasteiger charge is 2.24. The van der Waals surface area contributed by atoms with Crippen LogP contribution in [0.25, 0.3) is 0 Å². The van der Waals surface area contributed by atoms with Gasteiger partial charge in [0.05, 0.1) is 12.2 Å². The molecule has 1 aliphatic rings. The van der Waals surface area contributed by atoms with E-state index in [1.54, 1.807) is 0 Å². The largest absolute Gasteiger partial charge is 0.393 e. The molecule has 1 saturated heterocycles. The minimum atomic E-state index is -0.122.